The van der Waals surface area contributed by atoms with E-state index in [1.54, 1.807) is 12.1 Å². The predicted molar refractivity (Wildman–Crippen MR) is 93.8 cm³/mol. The summed E-state index contributed by atoms with van der Waals surface area (Å²) in [7, 11) is -3.21. The number of carbonyl (C=O) groups is 1. The lowest BCUT2D eigenvalue weighted by Gasteiger charge is -2.28. The number of hydrogen-bond acceptors (Lipinski definition) is 4. The first kappa shape index (κ1) is 19.7. The molecule has 0 unspecified atom stereocenters. The molecule has 1 saturated heterocycles. The molecule has 6 nitrogen and oxygen atoms in total. The molecule has 0 aliphatic carbocycles. The second-order valence-electron chi connectivity index (χ2n) is 6.65. The zero-order valence-corrected chi connectivity index (χ0v) is 15.6. The summed E-state index contributed by atoms with van der Waals surface area (Å²) in [4.78, 5) is 17.9. The molecule has 1 aliphatic rings. The summed E-state index contributed by atoms with van der Waals surface area (Å²) in [6.07, 6.45) is -3.81. The van der Waals surface area contributed by atoms with E-state index in [1.165, 1.54) is 17.0 Å². The molecule has 1 fully saturated rings. The Hall–Kier alpha value is -2.10. The van der Waals surface area contributed by atoms with E-state index in [0.29, 0.717) is 19.4 Å². The molecule has 2 heterocycles. The van der Waals surface area contributed by atoms with E-state index >= 15 is 0 Å². The van der Waals surface area contributed by atoms with E-state index in [4.69, 9.17) is 0 Å². The van der Waals surface area contributed by atoms with Crippen molar-refractivity contribution in [2.75, 3.05) is 18.1 Å². The first-order valence-electron chi connectivity index (χ1n) is 8.64. The van der Waals surface area contributed by atoms with Crippen LogP contribution in [-0.2, 0) is 27.4 Å². The Morgan fingerprint density at radius 1 is 1.33 bits per heavy atom. The summed E-state index contributed by atoms with van der Waals surface area (Å²) in [6.45, 7) is 1.59. The van der Waals surface area contributed by atoms with Crippen molar-refractivity contribution >= 4 is 26.8 Å². The minimum absolute atomic E-state index is 0.00698. The van der Waals surface area contributed by atoms with Gasteiger partial charge >= 0.3 is 6.18 Å². The van der Waals surface area contributed by atoms with Crippen LogP contribution in [0.1, 0.15) is 25.6 Å². The summed E-state index contributed by atoms with van der Waals surface area (Å²) in [5.41, 5.74) is 0.372. The van der Waals surface area contributed by atoms with E-state index in [2.05, 4.69) is 4.98 Å². The van der Waals surface area contributed by atoms with Crippen molar-refractivity contribution in [2.24, 2.45) is 0 Å². The van der Waals surface area contributed by atoms with Crippen molar-refractivity contribution in [3.63, 3.8) is 0 Å². The van der Waals surface area contributed by atoms with Crippen molar-refractivity contribution in [1.29, 1.82) is 0 Å². The molecule has 27 heavy (non-hydrogen) atoms. The van der Waals surface area contributed by atoms with E-state index in [-0.39, 0.29) is 22.5 Å². The number of halogens is 3. The van der Waals surface area contributed by atoms with Gasteiger partial charge in [-0.3, -0.25) is 4.79 Å². The third kappa shape index (κ3) is 4.10. The van der Waals surface area contributed by atoms with E-state index < -0.39 is 40.3 Å². The van der Waals surface area contributed by atoms with Crippen molar-refractivity contribution in [2.45, 2.75) is 38.5 Å². The molecule has 0 saturated carbocycles. The largest absolute Gasteiger partial charge is 0.449 e. The Bertz CT molecular complexity index is 953. The van der Waals surface area contributed by atoms with Gasteiger partial charge in [0.15, 0.2) is 9.84 Å². The molecule has 1 aromatic carbocycles. The lowest BCUT2D eigenvalue weighted by Crippen LogP contribution is -2.43. The molecule has 1 amide bonds. The molecule has 2 aromatic rings. The normalized spacial score (nSPS) is 19.5. The zero-order chi connectivity index (χ0) is 19.8. The second-order valence-corrected chi connectivity index (χ2v) is 8.88. The fourth-order valence-corrected chi connectivity index (χ4v) is 5.18. The van der Waals surface area contributed by atoms with Crippen LogP contribution in [-0.4, -0.2) is 52.9 Å². The zero-order valence-electron chi connectivity index (χ0n) is 14.7. The minimum Gasteiger partial charge on any atom is -0.337 e. The lowest BCUT2D eigenvalue weighted by molar-refractivity contribution is -0.148. The molecular weight excluding hydrogens is 383 g/mol. The topological polar surface area (TPSA) is 72.3 Å². The standard InChI is InChI=1S/C17H20F3N3O3S/c1-2-8-22(12-7-9-27(25,26)11-12)15(24)10-23-14-6-4-3-5-13(14)21-16(23)17(18,19)20/h3-6,12H,2,7-11H2,1H3/t12-/m0/s1. The number of amides is 1. The molecule has 1 aliphatic heterocycles. The third-order valence-corrected chi connectivity index (χ3v) is 6.39. The summed E-state index contributed by atoms with van der Waals surface area (Å²) < 4.78 is 64.6. The van der Waals surface area contributed by atoms with Gasteiger partial charge in [0.1, 0.15) is 6.54 Å². The van der Waals surface area contributed by atoms with Crippen LogP contribution in [0.5, 0.6) is 0 Å². The summed E-state index contributed by atoms with van der Waals surface area (Å²) in [5, 5.41) is 0. The summed E-state index contributed by atoms with van der Waals surface area (Å²) in [5.74, 6) is -1.82. The number of benzene rings is 1. The second kappa shape index (κ2) is 7.14. The number of carbonyl (C=O) groups excluding carboxylic acids is 1. The first-order chi connectivity index (χ1) is 12.6. The van der Waals surface area contributed by atoms with Gasteiger partial charge in [0.05, 0.1) is 22.5 Å². The number of para-hydroxylation sites is 2. The number of hydrogen-bond donors (Lipinski definition) is 0. The van der Waals surface area contributed by atoms with Crippen LogP contribution < -0.4 is 0 Å². The fourth-order valence-electron chi connectivity index (χ4n) is 3.45. The van der Waals surface area contributed by atoms with Gasteiger partial charge in [-0.05, 0) is 25.0 Å². The van der Waals surface area contributed by atoms with E-state index in [1.807, 2.05) is 6.92 Å². The highest BCUT2D eigenvalue weighted by atomic mass is 32.2. The van der Waals surface area contributed by atoms with Crippen molar-refractivity contribution in [3.8, 4) is 0 Å². The number of fused-ring (bicyclic) bond motifs is 1. The van der Waals surface area contributed by atoms with Gasteiger partial charge in [-0.2, -0.15) is 13.2 Å². The van der Waals surface area contributed by atoms with E-state index in [9.17, 15) is 26.4 Å². The van der Waals surface area contributed by atoms with Crippen LogP contribution in [0.15, 0.2) is 24.3 Å². The van der Waals surface area contributed by atoms with Crippen molar-refractivity contribution < 1.29 is 26.4 Å². The van der Waals surface area contributed by atoms with Crippen molar-refractivity contribution in [1.82, 2.24) is 14.5 Å². The average Bonchev–Trinajstić information content (AvgIpc) is 3.13. The maximum Gasteiger partial charge on any atom is 0.449 e. The van der Waals surface area contributed by atoms with Crippen LogP contribution in [0.3, 0.4) is 0 Å². The Balaban J connectivity index is 1.94. The molecule has 1 atom stereocenters. The monoisotopic (exact) mass is 403 g/mol. The molecule has 0 N–H and O–H groups in total. The van der Waals surface area contributed by atoms with Crippen LogP contribution >= 0.6 is 0 Å². The quantitative estimate of drug-likeness (QED) is 0.769. The average molecular weight is 403 g/mol. The Morgan fingerprint density at radius 3 is 2.63 bits per heavy atom. The maximum absolute atomic E-state index is 13.4. The van der Waals surface area contributed by atoms with Crippen LogP contribution in [0.25, 0.3) is 11.0 Å². The molecule has 1 aromatic heterocycles. The molecule has 3 rings (SSSR count). The van der Waals surface area contributed by atoms with Gasteiger partial charge in [0.25, 0.3) is 0 Å². The molecule has 10 heteroatoms. The number of sulfone groups is 1. The SMILES string of the molecule is CCCN(C(=O)Cn1c(C(F)(F)F)nc2ccccc21)[C@H]1CCS(=O)(=O)C1. The minimum atomic E-state index is -4.70. The number of imidazole rings is 1. The first-order valence-corrected chi connectivity index (χ1v) is 10.5. The van der Waals surface area contributed by atoms with Gasteiger partial charge < -0.3 is 9.47 Å². The number of alkyl halides is 3. The number of aromatic nitrogens is 2. The summed E-state index contributed by atoms with van der Waals surface area (Å²) >= 11 is 0. The highest BCUT2D eigenvalue weighted by Crippen LogP contribution is 2.31. The van der Waals surface area contributed by atoms with Gasteiger partial charge in [-0.15, -0.1) is 0 Å². The van der Waals surface area contributed by atoms with E-state index in [0.717, 1.165) is 4.57 Å². The molecule has 0 bridgehead atoms. The highest BCUT2D eigenvalue weighted by molar-refractivity contribution is 7.91. The smallest absolute Gasteiger partial charge is 0.337 e. The third-order valence-electron chi connectivity index (χ3n) is 4.64. The summed E-state index contributed by atoms with van der Waals surface area (Å²) in [6, 6.07) is 5.60. The Labute approximate surface area is 154 Å². The van der Waals surface area contributed by atoms with Gasteiger partial charge in [-0.25, -0.2) is 13.4 Å². The Kier molecular flexibility index (Phi) is 5.20. The number of nitrogens with zero attached hydrogens (tertiary/aromatic N) is 3. The molecule has 0 spiro atoms. The molecular formula is C17H20F3N3O3S. The van der Waals surface area contributed by atoms with Gasteiger partial charge in [-0.1, -0.05) is 19.1 Å². The van der Waals surface area contributed by atoms with Crippen molar-refractivity contribution in [3.05, 3.63) is 30.1 Å². The van der Waals surface area contributed by atoms with Crippen LogP contribution in [0, 0.1) is 0 Å². The Morgan fingerprint density at radius 2 is 2.04 bits per heavy atom. The molecule has 148 valence electrons. The van der Waals surface area contributed by atoms with Gasteiger partial charge in [0.2, 0.25) is 11.7 Å². The molecule has 0 radical (unpaired) electrons. The highest BCUT2D eigenvalue weighted by Gasteiger charge is 2.39. The number of rotatable bonds is 5. The fraction of sp³-hybridized carbons (Fsp3) is 0.529. The van der Waals surface area contributed by atoms with Gasteiger partial charge in [0, 0.05) is 12.6 Å². The van der Waals surface area contributed by atoms with Crippen LogP contribution in [0.4, 0.5) is 13.2 Å². The van der Waals surface area contributed by atoms with Crippen LogP contribution in [0.2, 0.25) is 0 Å². The predicted octanol–water partition coefficient (Wildman–Crippen LogP) is 2.48. The lowest BCUT2D eigenvalue weighted by atomic mass is 10.2. The maximum atomic E-state index is 13.4.